The highest BCUT2D eigenvalue weighted by Gasteiger charge is 2.21. The van der Waals surface area contributed by atoms with Crippen LogP contribution in [0.3, 0.4) is 0 Å². The number of rotatable bonds is 4. The second kappa shape index (κ2) is 6.64. The van der Waals surface area contributed by atoms with Gasteiger partial charge in [0.2, 0.25) is 0 Å². The summed E-state index contributed by atoms with van der Waals surface area (Å²) in [4.78, 5) is 11.8. The van der Waals surface area contributed by atoms with Gasteiger partial charge in [0, 0.05) is 17.4 Å². The fourth-order valence-electron chi connectivity index (χ4n) is 2.78. The number of hydrogen-bond donors (Lipinski definition) is 2. The second-order valence-electron chi connectivity index (χ2n) is 5.54. The minimum absolute atomic E-state index is 0.356. The van der Waals surface area contributed by atoms with Gasteiger partial charge in [-0.3, -0.25) is 0 Å². The summed E-state index contributed by atoms with van der Waals surface area (Å²) in [5.41, 5.74) is 7.71. The Labute approximate surface area is 120 Å². The Kier molecular flexibility index (Phi) is 4.88. The van der Waals surface area contributed by atoms with E-state index in [0.717, 1.165) is 5.69 Å². The van der Waals surface area contributed by atoms with Crippen molar-refractivity contribution in [3.05, 3.63) is 23.8 Å². The van der Waals surface area contributed by atoms with Crippen molar-refractivity contribution in [1.82, 2.24) is 0 Å². The Morgan fingerprint density at radius 3 is 2.85 bits per heavy atom. The van der Waals surface area contributed by atoms with Crippen molar-refractivity contribution in [3.63, 3.8) is 0 Å². The number of carbonyl (C=O) groups excluding carboxylic acids is 1. The Bertz CT molecular complexity index is 474. The fraction of sp³-hybridized carbons (Fsp3) is 0.562. The SMILES string of the molecule is CCOC(=O)c1cc(NC2CCCCC2C)ccc1N. The van der Waals surface area contributed by atoms with Crippen molar-refractivity contribution in [2.75, 3.05) is 17.7 Å². The van der Waals surface area contributed by atoms with Crippen LogP contribution in [0.15, 0.2) is 18.2 Å². The molecule has 3 N–H and O–H groups in total. The molecule has 0 aliphatic heterocycles. The van der Waals surface area contributed by atoms with Crippen LogP contribution in [0.1, 0.15) is 49.9 Å². The van der Waals surface area contributed by atoms with Crippen molar-refractivity contribution < 1.29 is 9.53 Å². The number of carbonyl (C=O) groups is 1. The minimum Gasteiger partial charge on any atom is -0.462 e. The molecule has 0 saturated heterocycles. The molecule has 4 heteroatoms. The van der Waals surface area contributed by atoms with E-state index in [2.05, 4.69) is 12.2 Å². The summed E-state index contributed by atoms with van der Waals surface area (Å²) in [7, 11) is 0. The predicted octanol–water partition coefficient (Wildman–Crippen LogP) is 3.44. The lowest BCUT2D eigenvalue weighted by Crippen LogP contribution is -2.30. The van der Waals surface area contributed by atoms with E-state index in [1.807, 2.05) is 6.07 Å². The third-order valence-electron chi connectivity index (χ3n) is 4.01. The standard InChI is InChI=1S/C16H24N2O2/c1-3-20-16(19)13-10-12(8-9-14(13)17)18-15-7-5-4-6-11(15)2/h8-11,15,18H,3-7,17H2,1-2H3. The summed E-state index contributed by atoms with van der Waals surface area (Å²) in [6.45, 7) is 4.43. The number of anilines is 2. The van der Waals surface area contributed by atoms with Crippen molar-refractivity contribution in [2.24, 2.45) is 5.92 Å². The van der Waals surface area contributed by atoms with Gasteiger partial charge in [-0.25, -0.2) is 4.79 Å². The van der Waals surface area contributed by atoms with E-state index in [-0.39, 0.29) is 5.97 Å². The van der Waals surface area contributed by atoms with Crippen LogP contribution < -0.4 is 11.1 Å². The first-order valence-electron chi connectivity index (χ1n) is 7.45. The summed E-state index contributed by atoms with van der Waals surface area (Å²) in [5, 5.41) is 3.53. The van der Waals surface area contributed by atoms with E-state index < -0.39 is 0 Å². The lowest BCUT2D eigenvalue weighted by Gasteiger charge is -2.30. The Morgan fingerprint density at radius 1 is 1.40 bits per heavy atom. The number of benzene rings is 1. The third kappa shape index (κ3) is 3.44. The molecule has 1 saturated carbocycles. The highest BCUT2D eigenvalue weighted by molar-refractivity contribution is 5.96. The molecule has 1 aromatic carbocycles. The van der Waals surface area contributed by atoms with Gasteiger partial charge in [0.15, 0.2) is 0 Å². The van der Waals surface area contributed by atoms with Gasteiger partial charge in [-0.1, -0.05) is 19.8 Å². The van der Waals surface area contributed by atoms with E-state index in [9.17, 15) is 4.79 Å². The van der Waals surface area contributed by atoms with Gasteiger partial charge in [0.1, 0.15) is 0 Å². The van der Waals surface area contributed by atoms with Crippen molar-refractivity contribution >= 4 is 17.3 Å². The summed E-state index contributed by atoms with van der Waals surface area (Å²) < 4.78 is 5.03. The maximum absolute atomic E-state index is 11.8. The first-order chi connectivity index (χ1) is 9.61. The summed E-state index contributed by atoms with van der Waals surface area (Å²) in [5.74, 6) is 0.303. The number of nitrogen functional groups attached to an aromatic ring is 1. The van der Waals surface area contributed by atoms with Crippen LogP contribution in [0.2, 0.25) is 0 Å². The molecular formula is C16H24N2O2. The van der Waals surface area contributed by atoms with Gasteiger partial charge < -0.3 is 15.8 Å². The first kappa shape index (κ1) is 14.7. The number of nitrogens with one attached hydrogen (secondary N) is 1. The quantitative estimate of drug-likeness (QED) is 0.653. The van der Waals surface area contributed by atoms with Crippen LogP contribution in [0.25, 0.3) is 0 Å². The monoisotopic (exact) mass is 276 g/mol. The van der Waals surface area contributed by atoms with Crippen LogP contribution in [0, 0.1) is 5.92 Å². The summed E-state index contributed by atoms with van der Waals surface area (Å²) in [6, 6.07) is 5.97. The highest BCUT2D eigenvalue weighted by Crippen LogP contribution is 2.28. The predicted molar refractivity (Wildman–Crippen MR) is 81.9 cm³/mol. The molecule has 20 heavy (non-hydrogen) atoms. The Balaban J connectivity index is 2.12. The molecule has 0 heterocycles. The molecular weight excluding hydrogens is 252 g/mol. The summed E-state index contributed by atoms with van der Waals surface area (Å²) in [6.07, 6.45) is 5.02. The smallest absolute Gasteiger partial charge is 0.340 e. The van der Waals surface area contributed by atoms with Gasteiger partial charge >= 0.3 is 5.97 Å². The van der Waals surface area contributed by atoms with Crippen molar-refractivity contribution in [3.8, 4) is 0 Å². The molecule has 0 amide bonds. The Morgan fingerprint density at radius 2 is 2.15 bits per heavy atom. The molecule has 2 atom stereocenters. The molecule has 1 aliphatic carbocycles. The molecule has 0 bridgehead atoms. The largest absolute Gasteiger partial charge is 0.462 e. The molecule has 2 rings (SSSR count). The van der Waals surface area contributed by atoms with E-state index in [1.165, 1.54) is 25.7 Å². The molecule has 0 spiro atoms. The van der Waals surface area contributed by atoms with Crippen molar-refractivity contribution in [2.45, 2.75) is 45.6 Å². The van der Waals surface area contributed by atoms with E-state index >= 15 is 0 Å². The third-order valence-corrected chi connectivity index (χ3v) is 4.01. The zero-order valence-electron chi connectivity index (χ0n) is 12.3. The van der Waals surface area contributed by atoms with Crippen molar-refractivity contribution in [1.29, 1.82) is 0 Å². The molecule has 0 aromatic heterocycles. The molecule has 2 unspecified atom stereocenters. The van der Waals surface area contributed by atoms with Crippen LogP contribution in [0.4, 0.5) is 11.4 Å². The van der Waals surface area contributed by atoms with Gasteiger partial charge in [-0.05, 0) is 43.9 Å². The van der Waals surface area contributed by atoms with Crippen LogP contribution >= 0.6 is 0 Å². The highest BCUT2D eigenvalue weighted by atomic mass is 16.5. The summed E-state index contributed by atoms with van der Waals surface area (Å²) >= 11 is 0. The second-order valence-corrected chi connectivity index (χ2v) is 5.54. The average molecular weight is 276 g/mol. The fourth-order valence-corrected chi connectivity index (χ4v) is 2.78. The van der Waals surface area contributed by atoms with Crippen LogP contribution in [0.5, 0.6) is 0 Å². The molecule has 4 nitrogen and oxygen atoms in total. The van der Waals surface area contributed by atoms with Gasteiger partial charge in [0.05, 0.1) is 12.2 Å². The maximum atomic E-state index is 11.8. The van der Waals surface area contributed by atoms with E-state index in [4.69, 9.17) is 10.5 Å². The van der Waals surface area contributed by atoms with E-state index in [0.29, 0.717) is 29.8 Å². The first-order valence-corrected chi connectivity index (χ1v) is 7.45. The molecule has 110 valence electrons. The molecule has 1 fully saturated rings. The van der Waals surface area contributed by atoms with E-state index in [1.54, 1.807) is 19.1 Å². The normalized spacial score (nSPS) is 22.3. The number of nitrogens with two attached hydrogens (primary N) is 1. The van der Waals surface area contributed by atoms with Gasteiger partial charge in [-0.15, -0.1) is 0 Å². The molecule has 1 aliphatic rings. The molecule has 1 aromatic rings. The van der Waals surface area contributed by atoms with Gasteiger partial charge in [0.25, 0.3) is 0 Å². The molecule has 0 radical (unpaired) electrons. The lowest BCUT2D eigenvalue weighted by atomic mass is 9.86. The topological polar surface area (TPSA) is 64.3 Å². The number of esters is 1. The Hall–Kier alpha value is -1.71. The average Bonchev–Trinajstić information content (AvgIpc) is 2.43. The van der Waals surface area contributed by atoms with Crippen LogP contribution in [-0.2, 0) is 4.74 Å². The lowest BCUT2D eigenvalue weighted by molar-refractivity contribution is 0.0527. The number of hydrogen-bond acceptors (Lipinski definition) is 4. The number of ether oxygens (including phenoxy) is 1. The van der Waals surface area contributed by atoms with Crippen LogP contribution in [-0.4, -0.2) is 18.6 Å². The zero-order valence-corrected chi connectivity index (χ0v) is 12.3. The minimum atomic E-state index is -0.356. The zero-order chi connectivity index (χ0) is 14.5. The van der Waals surface area contributed by atoms with Gasteiger partial charge in [-0.2, -0.15) is 0 Å². The maximum Gasteiger partial charge on any atom is 0.340 e.